The van der Waals surface area contributed by atoms with Crippen LogP contribution in [0.15, 0.2) is 25.3 Å². The third-order valence-electron chi connectivity index (χ3n) is 24.5. The van der Waals surface area contributed by atoms with Crippen LogP contribution in [0.25, 0.3) is 0 Å². The Morgan fingerprint density at radius 2 is 1.20 bits per heavy atom. The van der Waals surface area contributed by atoms with Crippen LogP contribution in [0.3, 0.4) is 0 Å². The maximum atomic E-state index is 18.9. The van der Waals surface area contributed by atoms with Crippen molar-refractivity contribution in [2.24, 2.45) is 53.3 Å². The van der Waals surface area contributed by atoms with Gasteiger partial charge < -0.3 is 65.3 Å². The van der Waals surface area contributed by atoms with Crippen LogP contribution >= 0.6 is 0 Å². The maximum absolute atomic E-state index is 18.9. The number of piperidine rings is 4. The molecule has 22 nitrogen and oxygen atoms in total. The number of hydrogen-bond acceptors (Lipinski definition) is 16. The Balaban J connectivity index is 0.885. The van der Waals surface area contributed by atoms with E-state index in [1.807, 2.05) is 25.7 Å². The third-order valence-corrected chi connectivity index (χ3v) is 24.5. The molecule has 0 aromatic carbocycles. The van der Waals surface area contributed by atoms with Crippen LogP contribution in [0, 0.1) is 53.3 Å². The Hall–Kier alpha value is -4.25. The molecule has 27 unspecified atom stereocenters. The quantitative estimate of drug-likeness (QED) is 0.0887. The number of nitrogens with zero attached hydrogens (tertiary/aromatic N) is 6. The fourth-order valence-electron chi connectivity index (χ4n) is 20.1. The second-order valence-electron chi connectivity index (χ2n) is 30.1. The molecule has 6 amide bonds. The van der Waals surface area contributed by atoms with Crippen LogP contribution in [0.1, 0.15) is 119 Å². The summed E-state index contributed by atoms with van der Waals surface area (Å²) in [5.74, 6) is -6.45. The van der Waals surface area contributed by atoms with E-state index in [0.29, 0.717) is 90.9 Å². The van der Waals surface area contributed by atoms with Crippen molar-refractivity contribution in [3.05, 3.63) is 25.3 Å². The summed E-state index contributed by atoms with van der Waals surface area (Å²) in [6.45, 7) is 22.1. The lowest BCUT2D eigenvalue weighted by Gasteiger charge is -2.61. The van der Waals surface area contributed by atoms with Crippen molar-refractivity contribution in [3.8, 4) is 0 Å². The van der Waals surface area contributed by atoms with Gasteiger partial charge in [-0.3, -0.25) is 34.8 Å². The first kappa shape index (κ1) is 68.7. The minimum Gasteiger partial charge on any atom is -0.459 e. The number of aliphatic hydroxyl groups is 2. The summed E-state index contributed by atoms with van der Waals surface area (Å²) in [5, 5.41) is 46.1. The summed E-state index contributed by atoms with van der Waals surface area (Å²) in [5.41, 5.74) is 0. The van der Waals surface area contributed by atoms with Crippen LogP contribution in [-0.2, 0) is 28.6 Å². The van der Waals surface area contributed by atoms with Gasteiger partial charge in [0.05, 0.1) is 61.7 Å². The number of alkyl halides is 4. The highest BCUT2D eigenvalue weighted by Gasteiger charge is 2.63. The molecule has 12 fully saturated rings. The van der Waals surface area contributed by atoms with Gasteiger partial charge in [-0.05, 0) is 127 Å². The van der Waals surface area contributed by atoms with E-state index in [2.05, 4.69) is 68.7 Å². The molecule has 10 aliphatic heterocycles. The van der Waals surface area contributed by atoms with Gasteiger partial charge in [0.25, 0.3) is 0 Å². The number of carbonyl (C=O) groups is 5. The first-order chi connectivity index (χ1) is 44.6. The van der Waals surface area contributed by atoms with E-state index in [-0.39, 0.29) is 99.5 Å². The number of nitrogens with one attached hydrogen (secondary N) is 6. The van der Waals surface area contributed by atoms with Crippen molar-refractivity contribution in [1.82, 2.24) is 61.3 Å². The second-order valence-corrected chi connectivity index (χ2v) is 30.1. The molecule has 2 aliphatic carbocycles. The van der Waals surface area contributed by atoms with Crippen molar-refractivity contribution in [1.29, 1.82) is 0 Å². The molecule has 29 atom stereocenters. The summed E-state index contributed by atoms with van der Waals surface area (Å²) in [6.07, 6.45) is -8.87. The van der Waals surface area contributed by atoms with Crippen molar-refractivity contribution in [2.45, 2.75) is 247 Å². The van der Waals surface area contributed by atoms with Gasteiger partial charge in [0.1, 0.15) is 36.9 Å². The SMILES string of the molecule is C=CC(=O)N1CCN(C2NC(=O)N3C4NC(C(F)CC42)C2C(CCC(CC(C)C4NCCC5C(OC(=O)CC)C(O)COC6CCCC(F)C6C6NC7C(CC6F)C(N6CCN(C(=O)C=C)C[C@@H]6C)NC(=O)N7C54)C2F)OCCC(O)C2CCNC(C(C)C)C23)[C@@H](C)C1. The van der Waals surface area contributed by atoms with E-state index in [0.717, 1.165) is 0 Å². The molecule has 10 saturated heterocycles. The highest BCUT2D eigenvalue weighted by atomic mass is 19.1. The van der Waals surface area contributed by atoms with Crippen LogP contribution in [-0.4, -0.2) is 263 Å². The molecule has 12 rings (SSSR count). The lowest BCUT2D eigenvalue weighted by atomic mass is 9.66. The van der Waals surface area contributed by atoms with Crippen LogP contribution in [0.5, 0.6) is 0 Å². The fraction of sp³-hybridized carbons (Fsp3) is 0.866. The van der Waals surface area contributed by atoms with Crippen molar-refractivity contribution >= 4 is 29.8 Å². The number of hydrogen-bond donors (Lipinski definition) is 8. The number of fused-ring (bicyclic) bond motifs is 10. The van der Waals surface area contributed by atoms with Gasteiger partial charge in [0, 0.05) is 124 Å². The molecule has 0 aromatic rings. The number of urea groups is 2. The molecular weight excluding hydrogens is 1210 g/mol. The highest BCUT2D eigenvalue weighted by molar-refractivity contribution is 5.87. The number of rotatable bonds is 10. The molecule has 0 aromatic heterocycles. The fourth-order valence-corrected chi connectivity index (χ4v) is 20.1. The molecule has 522 valence electrons. The number of ether oxygens (including phenoxy) is 3. The molecule has 26 heteroatoms. The number of aliphatic hydroxyl groups excluding tert-OH is 2. The molecule has 93 heavy (non-hydrogen) atoms. The van der Waals surface area contributed by atoms with Gasteiger partial charge in [0.15, 0.2) is 0 Å². The van der Waals surface area contributed by atoms with Gasteiger partial charge in [-0.15, -0.1) is 0 Å². The monoisotopic (exact) mass is 1310 g/mol. The van der Waals surface area contributed by atoms with Crippen molar-refractivity contribution in [3.63, 3.8) is 0 Å². The standard InChI is InChI=1S/C67H106F4N12O10/c1-9-49(86)78-22-24-80(35(7)30-78)62-40-28-43(69)57-52-42(68)13-12-14-47(52)92-32-46(85)61(93-51(88)11-3)39-18-21-73-56(60(39)83(64(40)74-57)67(90)77-62)34(6)27-37-15-16-48-53(54(37)71)58-44(70)29-41-63(81-25-23-79(31-36(81)8)50(87)10-2)76-66(89)82(65(41)75-58)59-38(45(84)19-26-91-48)17-20-72-55(59)33(4)5/h9-10,33-48,52-65,72-75,84-85H,1-2,11-32H2,3-8H3,(H,76,89)(H,77,90)/t34?,35-,36-,37?,38?,39?,40?,41?,42?,43?,44?,45?,46?,47?,48?,52?,53?,54?,55?,56?,57?,58?,59?,60?,61?,62?,63?,64?,65?/m0/s1. The largest absolute Gasteiger partial charge is 0.459 e. The molecule has 12 aliphatic rings. The normalized spacial score (nSPS) is 45.6. The molecule has 2 saturated carbocycles. The molecule has 0 spiro atoms. The Labute approximate surface area is 546 Å². The van der Waals surface area contributed by atoms with E-state index < -0.39 is 164 Å². The summed E-state index contributed by atoms with van der Waals surface area (Å²) in [4.78, 5) is 81.8. The number of carbonyl (C=O) groups excluding carboxylic acids is 5. The molecule has 0 radical (unpaired) electrons. The third kappa shape index (κ3) is 13.1. The average Bonchev–Trinajstić information content (AvgIpc) is 0.737. The lowest BCUT2D eigenvalue weighted by molar-refractivity contribution is -0.180. The summed E-state index contributed by atoms with van der Waals surface area (Å²) in [7, 11) is 0. The minimum absolute atomic E-state index is 0.0168. The zero-order valence-corrected chi connectivity index (χ0v) is 55.3. The van der Waals surface area contributed by atoms with Crippen LogP contribution < -0.4 is 31.9 Å². The van der Waals surface area contributed by atoms with E-state index in [1.54, 1.807) is 21.6 Å². The predicted octanol–water partition coefficient (Wildman–Crippen LogP) is 3.52. The summed E-state index contributed by atoms with van der Waals surface area (Å²) < 4.78 is 91.1. The predicted molar refractivity (Wildman–Crippen MR) is 337 cm³/mol. The van der Waals surface area contributed by atoms with Gasteiger partial charge >= 0.3 is 18.0 Å². The molecule has 4 bridgehead atoms. The topological polar surface area (TPSA) is 245 Å². The minimum atomic E-state index is -1.66. The average molecular weight is 1320 g/mol. The van der Waals surface area contributed by atoms with E-state index in [9.17, 15) is 24.6 Å². The summed E-state index contributed by atoms with van der Waals surface area (Å²) in [6, 6.07) is -5.92. The zero-order valence-electron chi connectivity index (χ0n) is 55.3. The Kier molecular flexibility index (Phi) is 21.2. The van der Waals surface area contributed by atoms with Gasteiger partial charge in [-0.1, -0.05) is 40.9 Å². The van der Waals surface area contributed by atoms with Gasteiger partial charge in [-0.2, -0.15) is 0 Å². The highest BCUT2D eigenvalue weighted by Crippen LogP contribution is 2.49. The maximum Gasteiger partial charge on any atom is 0.320 e. The second kappa shape index (κ2) is 28.7. The number of piperazine rings is 2. The molecular formula is C67H106F4N12O10. The van der Waals surface area contributed by atoms with Crippen molar-refractivity contribution < 1.29 is 66.0 Å². The first-order valence-electron chi connectivity index (χ1n) is 35.5. The number of halogens is 4. The van der Waals surface area contributed by atoms with E-state index in [1.165, 1.54) is 12.2 Å². The molecule has 8 N–H and O–H groups in total. The van der Waals surface area contributed by atoms with Crippen LogP contribution in [0.4, 0.5) is 27.2 Å². The lowest BCUT2D eigenvalue weighted by Crippen LogP contribution is -2.80. The molecule has 10 heterocycles. The van der Waals surface area contributed by atoms with Crippen molar-refractivity contribution in [2.75, 3.05) is 65.6 Å². The van der Waals surface area contributed by atoms with Gasteiger partial charge in [-0.25, -0.2) is 27.2 Å². The Morgan fingerprint density at radius 3 is 1.76 bits per heavy atom. The zero-order chi connectivity index (χ0) is 66.0. The smallest absolute Gasteiger partial charge is 0.320 e. The number of amides is 6. The van der Waals surface area contributed by atoms with E-state index >= 15 is 27.2 Å². The summed E-state index contributed by atoms with van der Waals surface area (Å²) >= 11 is 0. The Morgan fingerprint density at radius 1 is 0.656 bits per heavy atom. The van der Waals surface area contributed by atoms with Crippen LogP contribution in [0.2, 0.25) is 0 Å². The Bertz CT molecular complexity index is 2700. The number of esters is 1. The van der Waals surface area contributed by atoms with E-state index in [4.69, 9.17) is 14.2 Å². The first-order valence-corrected chi connectivity index (χ1v) is 35.5. The van der Waals surface area contributed by atoms with Gasteiger partial charge in [0.2, 0.25) is 11.8 Å².